The van der Waals surface area contributed by atoms with Crippen molar-refractivity contribution in [1.29, 1.82) is 0 Å². The highest BCUT2D eigenvalue weighted by Gasteiger charge is 2.03. The molecule has 5 heteroatoms. The Labute approximate surface area is 115 Å². The van der Waals surface area contributed by atoms with E-state index in [2.05, 4.69) is 4.98 Å². The highest BCUT2D eigenvalue weighted by Crippen LogP contribution is 2.17. The van der Waals surface area contributed by atoms with E-state index in [9.17, 15) is 9.90 Å². The van der Waals surface area contributed by atoms with Gasteiger partial charge >= 0.3 is 0 Å². The lowest BCUT2D eigenvalue weighted by atomic mass is 10.2. The Morgan fingerprint density at radius 2 is 2.21 bits per heavy atom. The summed E-state index contributed by atoms with van der Waals surface area (Å²) in [6.45, 7) is 2.53. The molecule has 0 aliphatic heterocycles. The summed E-state index contributed by atoms with van der Waals surface area (Å²) in [6.07, 6.45) is 0.543. The third-order valence-corrected chi connectivity index (χ3v) is 3.55. The van der Waals surface area contributed by atoms with Crippen LogP contribution in [0.25, 0.3) is 0 Å². The number of nitrogens with zero attached hydrogens (tertiary/aromatic N) is 1. The summed E-state index contributed by atoms with van der Waals surface area (Å²) in [4.78, 5) is 14.7. The zero-order chi connectivity index (χ0) is 13.7. The van der Waals surface area contributed by atoms with Crippen molar-refractivity contribution in [3.8, 4) is 5.75 Å². The summed E-state index contributed by atoms with van der Waals surface area (Å²) in [5, 5.41) is 13.1. The lowest BCUT2D eigenvalue weighted by Gasteiger charge is -2.07. The first kappa shape index (κ1) is 13.5. The van der Waals surface area contributed by atoms with Crippen LogP contribution in [0.2, 0.25) is 0 Å². The number of thiazole rings is 1. The molecule has 0 aliphatic carbocycles. The van der Waals surface area contributed by atoms with Gasteiger partial charge in [-0.05, 0) is 18.6 Å². The molecule has 1 aromatic heterocycles. The van der Waals surface area contributed by atoms with Gasteiger partial charge in [-0.1, -0.05) is 18.2 Å². The Bertz CT molecular complexity index is 565. The van der Waals surface area contributed by atoms with E-state index in [-0.39, 0.29) is 6.42 Å². The molecule has 1 aromatic carbocycles. The minimum Gasteiger partial charge on any atom is -0.550 e. The Morgan fingerprint density at radius 1 is 1.42 bits per heavy atom. The summed E-state index contributed by atoms with van der Waals surface area (Å²) in [6, 6.07) is 7.83. The summed E-state index contributed by atoms with van der Waals surface area (Å²) in [5.74, 6) is -0.234. The van der Waals surface area contributed by atoms with Crippen molar-refractivity contribution in [1.82, 2.24) is 4.98 Å². The van der Waals surface area contributed by atoms with Crippen LogP contribution in [0.3, 0.4) is 0 Å². The highest BCUT2D eigenvalue weighted by molar-refractivity contribution is 7.09. The Hall–Kier alpha value is -1.88. The van der Waals surface area contributed by atoms with Gasteiger partial charge in [-0.3, -0.25) is 0 Å². The second-order valence-corrected chi connectivity index (χ2v) is 5.09. The van der Waals surface area contributed by atoms with E-state index in [0.29, 0.717) is 18.7 Å². The fraction of sp³-hybridized carbons (Fsp3) is 0.286. The van der Waals surface area contributed by atoms with Crippen molar-refractivity contribution >= 4 is 17.3 Å². The molecule has 0 saturated heterocycles. The van der Waals surface area contributed by atoms with E-state index < -0.39 is 5.97 Å². The van der Waals surface area contributed by atoms with Crippen LogP contribution < -0.4 is 9.84 Å². The molecule has 0 fully saturated rings. The molecule has 4 nitrogen and oxygen atoms in total. The highest BCUT2D eigenvalue weighted by atomic mass is 32.1. The Morgan fingerprint density at radius 3 is 2.95 bits per heavy atom. The van der Waals surface area contributed by atoms with Crippen molar-refractivity contribution < 1.29 is 14.6 Å². The largest absolute Gasteiger partial charge is 0.550 e. The molecule has 2 rings (SSSR count). The van der Waals surface area contributed by atoms with Crippen LogP contribution in [-0.2, 0) is 17.6 Å². The third-order valence-electron chi connectivity index (χ3n) is 2.59. The van der Waals surface area contributed by atoms with Crippen molar-refractivity contribution in [2.24, 2.45) is 0 Å². The predicted octanol–water partition coefficient (Wildman–Crippen LogP) is 1.37. The van der Waals surface area contributed by atoms with Gasteiger partial charge in [-0.2, -0.15) is 0 Å². The maximum Gasteiger partial charge on any atom is 0.122 e. The average molecular weight is 276 g/mol. The van der Waals surface area contributed by atoms with Gasteiger partial charge in [0.25, 0.3) is 0 Å². The number of aryl methyl sites for hydroxylation is 1. The van der Waals surface area contributed by atoms with Crippen molar-refractivity contribution in [2.45, 2.75) is 19.8 Å². The number of aromatic nitrogens is 1. The van der Waals surface area contributed by atoms with Gasteiger partial charge in [0.1, 0.15) is 5.75 Å². The summed E-state index contributed by atoms with van der Waals surface area (Å²) >= 11 is 1.45. The molecule has 19 heavy (non-hydrogen) atoms. The van der Waals surface area contributed by atoms with Crippen LogP contribution in [0.1, 0.15) is 16.3 Å². The van der Waals surface area contributed by atoms with Gasteiger partial charge < -0.3 is 14.6 Å². The van der Waals surface area contributed by atoms with Crippen LogP contribution >= 0.6 is 11.3 Å². The number of hydrogen-bond acceptors (Lipinski definition) is 5. The molecular weight excluding hydrogens is 262 g/mol. The molecule has 0 spiro atoms. The predicted molar refractivity (Wildman–Crippen MR) is 71.2 cm³/mol. The van der Waals surface area contributed by atoms with Gasteiger partial charge in [0.05, 0.1) is 17.3 Å². The minimum absolute atomic E-state index is 0.130. The first-order valence-electron chi connectivity index (χ1n) is 5.96. The number of rotatable bonds is 6. The summed E-state index contributed by atoms with van der Waals surface area (Å²) in [5.41, 5.74) is 1.65. The molecule has 0 aliphatic rings. The zero-order valence-electron chi connectivity index (χ0n) is 10.6. The first-order valence-corrected chi connectivity index (χ1v) is 6.84. The normalized spacial score (nSPS) is 10.4. The second kappa shape index (κ2) is 6.33. The van der Waals surface area contributed by atoms with E-state index in [0.717, 1.165) is 16.3 Å². The molecule has 0 unspecified atom stereocenters. The van der Waals surface area contributed by atoms with E-state index >= 15 is 0 Å². The van der Waals surface area contributed by atoms with E-state index in [1.165, 1.54) is 11.3 Å². The molecule has 0 bridgehead atoms. The summed E-state index contributed by atoms with van der Waals surface area (Å²) in [7, 11) is 0. The number of hydrogen-bond donors (Lipinski definition) is 0. The second-order valence-electron chi connectivity index (χ2n) is 4.15. The maximum atomic E-state index is 10.4. The Kier molecular flexibility index (Phi) is 4.52. The van der Waals surface area contributed by atoms with E-state index in [4.69, 9.17) is 4.74 Å². The van der Waals surface area contributed by atoms with Crippen LogP contribution in [0, 0.1) is 6.92 Å². The van der Waals surface area contributed by atoms with Crippen molar-refractivity contribution in [2.75, 3.05) is 6.61 Å². The lowest BCUT2D eigenvalue weighted by molar-refractivity contribution is -0.304. The maximum absolute atomic E-state index is 10.4. The molecule has 2 aromatic rings. The monoisotopic (exact) mass is 276 g/mol. The third kappa shape index (κ3) is 4.06. The number of ether oxygens (including phenoxy) is 1. The number of carbonyl (C=O) groups excluding carboxylic acids is 1. The van der Waals surface area contributed by atoms with Gasteiger partial charge in [0.2, 0.25) is 0 Å². The molecule has 0 atom stereocenters. The van der Waals surface area contributed by atoms with Gasteiger partial charge in [0, 0.05) is 24.2 Å². The summed E-state index contributed by atoms with van der Waals surface area (Å²) < 4.78 is 5.67. The lowest BCUT2D eigenvalue weighted by Crippen LogP contribution is -2.24. The number of para-hydroxylation sites is 1. The number of carbonyl (C=O) groups is 1. The molecule has 0 saturated carbocycles. The number of benzene rings is 1. The smallest absolute Gasteiger partial charge is 0.122 e. The molecule has 0 N–H and O–H groups in total. The fourth-order valence-corrected chi connectivity index (χ4v) is 2.44. The van der Waals surface area contributed by atoms with Crippen molar-refractivity contribution in [3.05, 3.63) is 45.9 Å². The van der Waals surface area contributed by atoms with E-state index in [1.807, 2.05) is 31.2 Å². The topological polar surface area (TPSA) is 62.2 Å². The molecule has 0 amide bonds. The fourth-order valence-electron chi connectivity index (χ4n) is 1.66. The van der Waals surface area contributed by atoms with Gasteiger partial charge in [-0.25, -0.2) is 4.98 Å². The van der Waals surface area contributed by atoms with Crippen LogP contribution in [0.4, 0.5) is 0 Å². The molecule has 100 valence electrons. The minimum atomic E-state index is -1.10. The number of aliphatic carboxylic acids is 1. The quantitative estimate of drug-likeness (QED) is 0.799. The average Bonchev–Trinajstić information content (AvgIpc) is 2.78. The zero-order valence-corrected chi connectivity index (χ0v) is 11.4. The van der Waals surface area contributed by atoms with Crippen molar-refractivity contribution in [3.63, 3.8) is 0 Å². The van der Waals surface area contributed by atoms with Crippen LogP contribution in [0.5, 0.6) is 5.75 Å². The molecule has 1 heterocycles. The number of carboxylic acid groups (broad SMARTS) is 1. The molecular formula is C14H14NO3S-. The first-order chi connectivity index (χ1) is 9.15. The standard InChI is InChI=1S/C14H15NO3S/c1-10-4-2-3-5-12(10)18-7-6-13-15-11(9-19-13)8-14(16)17/h2-5,9H,6-8H2,1H3,(H,16,17)/p-1. The van der Waals surface area contributed by atoms with Crippen LogP contribution in [-0.4, -0.2) is 17.6 Å². The van der Waals surface area contributed by atoms with E-state index in [1.54, 1.807) is 5.38 Å². The number of carboxylic acids is 1. The van der Waals surface area contributed by atoms with Gasteiger partial charge in [-0.15, -0.1) is 11.3 Å². The SMILES string of the molecule is Cc1ccccc1OCCc1nc(CC(=O)[O-])cs1. The Balaban J connectivity index is 1.84. The molecule has 0 radical (unpaired) electrons. The van der Waals surface area contributed by atoms with Gasteiger partial charge in [0.15, 0.2) is 0 Å². The van der Waals surface area contributed by atoms with Crippen LogP contribution in [0.15, 0.2) is 29.6 Å².